The number of carboxylic acid groups (broad SMARTS) is 1. The van der Waals surface area contributed by atoms with Crippen molar-refractivity contribution < 1.29 is 14.7 Å². The van der Waals surface area contributed by atoms with Crippen LogP contribution in [-0.4, -0.2) is 34.5 Å². The predicted octanol–water partition coefficient (Wildman–Crippen LogP) is 2.38. The first-order chi connectivity index (χ1) is 7.69. The van der Waals surface area contributed by atoms with E-state index < -0.39 is 11.5 Å². The van der Waals surface area contributed by atoms with E-state index in [4.69, 9.17) is 5.11 Å². The molecule has 1 unspecified atom stereocenters. The number of carboxylic acids is 1. The largest absolute Gasteiger partial charge is 0.480 e. The molecule has 0 saturated heterocycles. The average molecular weight is 243 g/mol. The number of likely N-dealkylation sites (N-methyl/N-ethyl adjacent to an activating group) is 1. The number of carbonyl (C=O) groups excluding carboxylic acids is 1. The molecular formula is C13H25NO3. The van der Waals surface area contributed by atoms with Gasteiger partial charge in [-0.05, 0) is 19.8 Å². The third-order valence-electron chi connectivity index (χ3n) is 3.84. The van der Waals surface area contributed by atoms with Crippen molar-refractivity contribution in [1.29, 1.82) is 0 Å². The molecule has 17 heavy (non-hydrogen) atoms. The highest BCUT2D eigenvalue weighted by atomic mass is 16.4. The summed E-state index contributed by atoms with van der Waals surface area (Å²) < 4.78 is 0. The summed E-state index contributed by atoms with van der Waals surface area (Å²) >= 11 is 0. The van der Waals surface area contributed by atoms with E-state index in [0.717, 1.165) is 12.8 Å². The monoisotopic (exact) mass is 243 g/mol. The lowest BCUT2D eigenvalue weighted by Gasteiger charge is -2.35. The topological polar surface area (TPSA) is 57.6 Å². The van der Waals surface area contributed by atoms with Gasteiger partial charge in [-0.25, -0.2) is 4.79 Å². The van der Waals surface area contributed by atoms with Crippen molar-refractivity contribution in [3.05, 3.63) is 0 Å². The van der Waals surface area contributed by atoms with Gasteiger partial charge in [0, 0.05) is 13.0 Å². The first-order valence-electron chi connectivity index (χ1n) is 6.21. The molecule has 0 aliphatic carbocycles. The smallest absolute Gasteiger partial charge is 0.329 e. The molecule has 0 aromatic heterocycles. The maximum atomic E-state index is 12.2. The Hall–Kier alpha value is -1.06. The van der Waals surface area contributed by atoms with Gasteiger partial charge in [-0.2, -0.15) is 0 Å². The number of aliphatic carboxylic acids is 1. The van der Waals surface area contributed by atoms with Gasteiger partial charge in [-0.15, -0.1) is 0 Å². The first-order valence-corrected chi connectivity index (χ1v) is 6.21. The summed E-state index contributed by atoms with van der Waals surface area (Å²) in [5, 5.41) is 9.10. The second kappa shape index (κ2) is 6.03. The van der Waals surface area contributed by atoms with Gasteiger partial charge in [0.2, 0.25) is 5.91 Å². The summed E-state index contributed by atoms with van der Waals surface area (Å²) in [4.78, 5) is 24.7. The van der Waals surface area contributed by atoms with E-state index in [-0.39, 0.29) is 11.8 Å². The van der Waals surface area contributed by atoms with Gasteiger partial charge in [0.15, 0.2) is 0 Å². The van der Waals surface area contributed by atoms with Crippen LogP contribution in [0.15, 0.2) is 0 Å². The van der Waals surface area contributed by atoms with Gasteiger partial charge in [-0.1, -0.05) is 33.6 Å². The molecule has 1 atom stereocenters. The fourth-order valence-electron chi connectivity index (χ4n) is 1.92. The molecule has 1 amide bonds. The van der Waals surface area contributed by atoms with Crippen LogP contribution in [0.1, 0.15) is 47.5 Å². The molecule has 0 radical (unpaired) electrons. The van der Waals surface area contributed by atoms with E-state index in [1.807, 2.05) is 6.92 Å². The number of amides is 1. The highest BCUT2D eigenvalue weighted by Gasteiger charge is 2.37. The molecule has 0 rings (SSSR count). The van der Waals surface area contributed by atoms with E-state index in [1.165, 1.54) is 4.90 Å². The van der Waals surface area contributed by atoms with Crippen LogP contribution in [0.25, 0.3) is 0 Å². The Balaban J connectivity index is 4.87. The normalized spacial score (nSPS) is 13.6. The zero-order chi connectivity index (χ0) is 13.8. The van der Waals surface area contributed by atoms with Crippen LogP contribution in [0, 0.1) is 11.8 Å². The standard InChI is InChI=1S/C13H25NO3/c1-7-10(8-2)9(3)11(15)14(6)13(4,5)12(16)17/h9-10H,7-8H2,1-6H3,(H,16,17). The first kappa shape index (κ1) is 15.9. The number of nitrogens with zero attached hydrogens (tertiary/aromatic N) is 1. The lowest BCUT2D eigenvalue weighted by atomic mass is 9.87. The minimum absolute atomic E-state index is 0.0916. The summed E-state index contributed by atoms with van der Waals surface area (Å²) in [6.07, 6.45) is 1.87. The molecule has 0 saturated carbocycles. The number of hydrogen-bond acceptors (Lipinski definition) is 2. The number of hydrogen-bond donors (Lipinski definition) is 1. The van der Waals surface area contributed by atoms with Gasteiger partial charge in [0.1, 0.15) is 5.54 Å². The third kappa shape index (κ3) is 3.45. The van der Waals surface area contributed by atoms with Crippen molar-refractivity contribution in [1.82, 2.24) is 4.90 Å². The highest BCUT2D eigenvalue weighted by Crippen LogP contribution is 2.24. The molecule has 100 valence electrons. The molecule has 0 heterocycles. The van der Waals surface area contributed by atoms with Crippen LogP contribution in [0.2, 0.25) is 0 Å². The Kier molecular flexibility index (Phi) is 5.66. The minimum Gasteiger partial charge on any atom is -0.480 e. The average Bonchev–Trinajstić information content (AvgIpc) is 2.28. The van der Waals surface area contributed by atoms with Crippen LogP contribution in [0.5, 0.6) is 0 Å². The van der Waals surface area contributed by atoms with E-state index in [2.05, 4.69) is 13.8 Å². The van der Waals surface area contributed by atoms with Crippen LogP contribution < -0.4 is 0 Å². The fourth-order valence-corrected chi connectivity index (χ4v) is 1.92. The molecule has 0 aromatic rings. The quantitative estimate of drug-likeness (QED) is 0.779. The molecule has 1 N–H and O–H groups in total. The van der Waals surface area contributed by atoms with Gasteiger partial charge in [-0.3, -0.25) is 4.79 Å². The Morgan fingerprint density at radius 2 is 1.65 bits per heavy atom. The summed E-state index contributed by atoms with van der Waals surface area (Å²) in [6, 6.07) is 0. The Bertz CT molecular complexity index is 282. The Morgan fingerprint density at radius 3 is 1.94 bits per heavy atom. The van der Waals surface area contributed by atoms with Crippen molar-refractivity contribution in [3.63, 3.8) is 0 Å². The zero-order valence-corrected chi connectivity index (χ0v) is 11.8. The van der Waals surface area contributed by atoms with Crippen molar-refractivity contribution in [3.8, 4) is 0 Å². The van der Waals surface area contributed by atoms with Gasteiger partial charge >= 0.3 is 5.97 Å². The minimum atomic E-state index is -1.16. The molecule has 0 aromatic carbocycles. The maximum Gasteiger partial charge on any atom is 0.329 e. The van der Waals surface area contributed by atoms with Crippen LogP contribution >= 0.6 is 0 Å². The molecule has 0 aliphatic rings. The van der Waals surface area contributed by atoms with Crippen molar-refractivity contribution in [2.24, 2.45) is 11.8 Å². The van der Waals surface area contributed by atoms with E-state index in [1.54, 1.807) is 20.9 Å². The van der Waals surface area contributed by atoms with Gasteiger partial charge < -0.3 is 10.0 Å². The lowest BCUT2D eigenvalue weighted by molar-refractivity contribution is -0.157. The fraction of sp³-hybridized carbons (Fsp3) is 0.846. The predicted molar refractivity (Wildman–Crippen MR) is 67.7 cm³/mol. The Labute approximate surface area is 104 Å². The second-order valence-electron chi connectivity index (χ2n) is 5.13. The van der Waals surface area contributed by atoms with Gasteiger partial charge in [0.25, 0.3) is 0 Å². The molecular weight excluding hydrogens is 218 g/mol. The van der Waals surface area contributed by atoms with Crippen LogP contribution in [0.3, 0.4) is 0 Å². The van der Waals surface area contributed by atoms with Crippen LogP contribution in [0.4, 0.5) is 0 Å². The second-order valence-corrected chi connectivity index (χ2v) is 5.13. The van der Waals surface area contributed by atoms with E-state index in [9.17, 15) is 9.59 Å². The van der Waals surface area contributed by atoms with Crippen molar-refractivity contribution in [2.75, 3.05) is 7.05 Å². The summed E-state index contributed by atoms with van der Waals surface area (Å²) in [5.41, 5.74) is -1.16. The summed E-state index contributed by atoms with van der Waals surface area (Å²) in [7, 11) is 1.56. The van der Waals surface area contributed by atoms with Crippen molar-refractivity contribution in [2.45, 2.75) is 53.0 Å². The molecule has 4 heteroatoms. The number of rotatable bonds is 6. The Morgan fingerprint density at radius 1 is 1.24 bits per heavy atom. The summed E-state index contributed by atoms with van der Waals surface area (Å²) in [6.45, 7) is 9.09. The summed E-state index contributed by atoms with van der Waals surface area (Å²) in [5.74, 6) is -0.889. The molecule has 0 aliphatic heterocycles. The maximum absolute atomic E-state index is 12.2. The van der Waals surface area contributed by atoms with E-state index >= 15 is 0 Å². The molecule has 0 bridgehead atoms. The highest BCUT2D eigenvalue weighted by molar-refractivity contribution is 5.87. The number of carbonyl (C=O) groups is 2. The van der Waals surface area contributed by atoms with Gasteiger partial charge in [0.05, 0.1) is 0 Å². The zero-order valence-electron chi connectivity index (χ0n) is 11.8. The van der Waals surface area contributed by atoms with Crippen LogP contribution in [-0.2, 0) is 9.59 Å². The van der Waals surface area contributed by atoms with Crippen molar-refractivity contribution >= 4 is 11.9 Å². The molecule has 0 spiro atoms. The lowest BCUT2D eigenvalue weighted by Crippen LogP contribution is -2.53. The molecule has 4 nitrogen and oxygen atoms in total. The third-order valence-corrected chi connectivity index (χ3v) is 3.84. The van der Waals surface area contributed by atoms with E-state index in [0.29, 0.717) is 5.92 Å². The molecule has 0 fully saturated rings. The SMILES string of the molecule is CCC(CC)C(C)C(=O)N(C)C(C)(C)C(=O)O.